The van der Waals surface area contributed by atoms with Crippen LogP contribution in [0.1, 0.15) is 74.5 Å². The zero-order valence-corrected chi connectivity index (χ0v) is 22.8. The lowest BCUT2D eigenvalue weighted by molar-refractivity contribution is -0.125. The monoisotopic (exact) mass is 563 g/mol. The van der Waals surface area contributed by atoms with E-state index < -0.39 is 54.6 Å². The van der Waals surface area contributed by atoms with Crippen molar-refractivity contribution in [2.24, 2.45) is 17.8 Å². The first-order valence-corrected chi connectivity index (χ1v) is 13.6. The Morgan fingerprint density at radius 1 is 1.07 bits per heavy atom. The zero-order chi connectivity index (χ0) is 29.2. The van der Waals surface area contributed by atoms with Crippen LogP contribution in [0.15, 0.2) is 30.5 Å². The molecule has 0 radical (unpaired) electrons. The summed E-state index contributed by atoms with van der Waals surface area (Å²) in [4.78, 5) is 39.1. The smallest absolute Gasteiger partial charge is 0.287 e. The summed E-state index contributed by atoms with van der Waals surface area (Å²) in [5.41, 5.74) is 0.434. The molecule has 40 heavy (non-hydrogen) atoms. The summed E-state index contributed by atoms with van der Waals surface area (Å²) in [7, 11) is 0. The molecule has 0 spiro atoms. The Bertz CT molecular complexity index is 1230. The standard InChI is InChI=1S/C28H36F3N5O4/c1-15(2)36-22(10-11-33-36)26(39)35-24(23(17-4-5-17)18-6-7-18)27(40)34-21-9-8-19(12-20(21)29)16(3)25(38)32-13-28(30,31)14-37/h8-12,15-18,23-24,37H,4-7,13-14H2,1-3H3,(H,32,38)(H,34,40)(H,35,39)/t16-,24-/m0/s1. The number of anilines is 1. The van der Waals surface area contributed by atoms with E-state index >= 15 is 4.39 Å². The number of nitrogens with zero attached hydrogens (tertiary/aromatic N) is 2. The minimum atomic E-state index is -3.46. The fraction of sp³-hybridized carbons (Fsp3) is 0.571. The first-order chi connectivity index (χ1) is 18.9. The summed E-state index contributed by atoms with van der Waals surface area (Å²) >= 11 is 0. The molecule has 3 amide bonds. The van der Waals surface area contributed by atoms with E-state index in [1.54, 1.807) is 10.7 Å². The van der Waals surface area contributed by atoms with E-state index in [1.165, 1.54) is 25.3 Å². The minimum absolute atomic E-state index is 0.0612. The fourth-order valence-corrected chi connectivity index (χ4v) is 5.04. The highest BCUT2D eigenvalue weighted by Gasteiger charge is 2.48. The van der Waals surface area contributed by atoms with Crippen molar-refractivity contribution in [1.29, 1.82) is 0 Å². The Kier molecular flexibility index (Phi) is 8.86. The lowest BCUT2D eigenvalue weighted by atomic mass is 9.88. The molecule has 2 aliphatic rings. The molecule has 0 bridgehead atoms. The molecule has 2 saturated carbocycles. The maximum atomic E-state index is 15.1. The largest absolute Gasteiger partial charge is 0.390 e. The van der Waals surface area contributed by atoms with E-state index in [2.05, 4.69) is 21.0 Å². The maximum absolute atomic E-state index is 15.1. The van der Waals surface area contributed by atoms with Gasteiger partial charge in [0, 0.05) is 12.2 Å². The number of hydrogen-bond acceptors (Lipinski definition) is 5. The summed E-state index contributed by atoms with van der Waals surface area (Å²) in [5, 5.41) is 20.4. The number of amides is 3. The highest BCUT2D eigenvalue weighted by molar-refractivity contribution is 6.01. The molecule has 9 nitrogen and oxygen atoms in total. The van der Waals surface area contributed by atoms with Crippen molar-refractivity contribution < 1.29 is 32.7 Å². The first-order valence-electron chi connectivity index (χ1n) is 13.6. The quantitative estimate of drug-likeness (QED) is 0.296. The summed E-state index contributed by atoms with van der Waals surface area (Å²) < 4.78 is 43.2. The minimum Gasteiger partial charge on any atom is -0.390 e. The van der Waals surface area contributed by atoms with Crippen LogP contribution in [-0.2, 0) is 9.59 Å². The van der Waals surface area contributed by atoms with Gasteiger partial charge in [-0.2, -0.15) is 5.10 Å². The number of rotatable bonds is 13. The average molecular weight is 564 g/mol. The van der Waals surface area contributed by atoms with Gasteiger partial charge >= 0.3 is 0 Å². The van der Waals surface area contributed by atoms with Crippen LogP contribution >= 0.6 is 0 Å². The van der Waals surface area contributed by atoms with Gasteiger partial charge in [0.25, 0.3) is 11.8 Å². The van der Waals surface area contributed by atoms with Crippen LogP contribution < -0.4 is 16.0 Å². The number of benzene rings is 1. The van der Waals surface area contributed by atoms with Gasteiger partial charge in [0.05, 0.1) is 18.2 Å². The summed E-state index contributed by atoms with van der Waals surface area (Å²) in [6.07, 6.45) is 5.41. The van der Waals surface area contributed by atoms with Gasteiger partial charge in [-0.05, 0) is 88.0 Å². The van der Waals surface area contributed by atoms with Gasteiger partial charge in [0.15, 0.2) is 0 Å². The molecular weight excluding hydrogens is 527 g/mol. The fourth-order valence-electron chi connectivity index (χ4n) is 5.04. The molecule has 2 aromatic rings. The maximum Gasteiger partial charge on any atom is 0.287 e. The van der Waals surface area contributed by atoms with E-state index in [4.69, 9.17) is 5.11 Å². The van der Waals surface area contributed by atoms with Gasteiger partial charge in [-0.25, -0.2) is 13.2 Å². The van der Waals surface area contributed by atoms with E-state index in [9.17, 15) is 23.2 Å². The highest BCUT2D eigenvalue weighted by Crippen LogP contribution is 2.51. The number of hydrogen-bond donors (Lipinski definition) is 4. The topological polar surface area (TPSA) is 125 Å². The van der Waals surface area contributed by atoms with Crippen LogP contribution in [0.2, 0.25) is 0 Å². The van der Waals surface area contributed by atoms with Crippen molar-refractivity contribution >= 4 is 23.4 Å². The van der Waals surface area contributed by atoms with Crippen LogP contribution in [0.25, 0.3) is 0 Å². The molecule has 0 unspecified atom stereocenters. The summed E-state index contributed by atoms with van der Waals surface area (Å²) in [6, 6.07) is 4.46. The third kappa shape index (κ3) is 7.01. The molecule has 2 atom stereocenters. The molecule has 4 N–H and O–H groups in total. The second-order valence-corrected chi connectivity index (χ2v) is 11.1. The molecule has 12 heteroatoms. The van der Waals surface area contributed by atoms with Crippen molar-refractivity contribution in [2.45, 2.75) is 70.4 Å². The molecule has 1 aromatic heterocycles. The lowest BCUT2D eigenvalue weighted by Gasteiger charge is -2.28. The normalized spacial score (nSPS) is 17.0. The van der Waals surface area contributed by atoms with Crippen LogP contribution in [0.4, 0.5) is 18.9 Å². The number of alkyl halides is 2. The predicted molar refractivity (Wildman–Crippen MR) is 141 cm³/mol. The van der Waals surface area contributed by atoms with Gasteiger partial charge in [0.2, 0.25) is 11.8 Å². The van der Waals surface area contributed by atoms with Gasteiger partial charge < -0.3 is 21.1 Å². The number of aromatic nitrogens is 2. The Morgan fingerprint density at radius 3 is 2.27 bits per heavy atom. The van der Waals surface area contributed by atoms with Crippen molar-refractivity contribution in [3.63, 3.8) is 0 Å². The third-order valence-electron chi connectivity index (χ3n) is 7.58. The van der Waals surface area contributed by atoms with Gasteiger partial charge in [-0.1, -0.05) is 6.07 Å². The number of halogens is 3. The van der Waals surface area contributed by atoms with Gasteiger partial charge in [-0.15, -0.1) is 0 Å². The molecule has 1 aromatic carbocycles. The second-order valence-electron chi connectivity index (χ2n) is 11.1. The molecular formula is C28H36F3N5O4. The lowest BCUT2D eigenvalue weighted by Crippen LogP contribution is -2.50. The van der Waals surface area contributed by atoms with Crippen molar-refractivity contribution in [2.75, 3.05) is 18.5 Å². The van der Waals surface area contributed by atoms with Crippen molar-refractivity contribution in [1.82, 2.24) is 20.4 Å². The van der Waals surface area contributed by atoms with E-state index in [-0.39, 0.29) is 23.2 Å². The Hall–Kier alpha value is -3.41. The molecule has 1 heterocycles. The van der Waals surface area contributed by atoms with Crippen molar-refractivity contribution in [3.8, 4) is 0 Å². The predicted octanol–water partition coefficient (Wildman–Crippen LogP) is 3.62. The van der Waals surface area contributed by atoms with E-state index in [1.807, 2.05) is 13.8 Å². The Balaban J connectivity index is 1.49. The van der Waals surface area contributed by atoms with Crippen LogP contribution in [0.5, 0.6) is 0 Å². The Labute approximate surface area is 230 Å². The van der Waals surface area contributed by atoms with Crippen LogP contribution in [0, 0.1) is 23.6 Å². The number of aliphatic hydroxyl groups is 1. The zero-order valence-electron chi connectivity index (χ0n) is 22.8. The molecule has 218 valence electrons. The summed E-state index contributed by atoms with van der Waals surface area (Å²) in [5.74, 6) is -6.40. The van der Waals surface area contributed by atoms with Gasteiger partial charge in [-0.3, -0.25) is 19.1 Å². The third-order valence-corrected chi connectivity index (χ3v) is 7.58. The molecule has 0 saturated heterocycles. The highest BCUT2D eigenvalue weighted by atomic mass is 19.3. The number of nitrogens with one attached hydrogen (secondary N) is 3. The first kappa shape index (κ1) is 29.6. The van der Waals surface area contributed by atoms with Crippen molar-refractivity contribution in [3.05, 3.63) is 47.5 Å². The summed E-state index contributed by atoms with van der Waals surface area (Å²) in [6.45, 7) is 2.77. The van der Waals surface area contributed by atoms with Crippen LogP contribution in [0.3, 0.4) is 0 Å². The number of carbonyl (C=O) groups is 3. The molecule has 2 fully saturated rings. The molecule has 0 aliphatic heterocycles. The number of aliphatic hydroxyl groups excluding tert-OH is 1. The average Bonchev–Trinajstić information content (AvgIpc) is 3.86. The van der Waals surface area contributed by atoms with Gasteiger partial charge in [0.1, 0.15) is 24.2 Å². The molecule has 4 rings (SSSR count). The second kappa shape index (κ2) is 12.0. The van der Waals surface area contributed by atoms with E-state index in [0.717, 1.165) is 31.7 Å². The van der Waals surface area contributed by atoms with Crippen LogP contribution in [-0.4, -0.2) is 57.7 Å². The Morgan fingerprint density at radius 2 is 1.73 bits per heavy atom. The SMILES string of the molecule is CC(C)n1nccc1C(=O)N[C@H](C(=O)Nc1ccc([C@H](C)C(=O)NCC(F)(F)CO)cc1F)C(C1CC1)C1CC1. The number of carbonyl (C=O) groups excluding carboxylic acids is 3. The van der Waals surface area contributed by atoms with E-state index in [0.29, 0.717) is 17.5 Å². The molecule has 2 aliphatic carbocycles.